The van der Waals surface area contributed by atoms with Crippen LogP contribution in [0.5, 0.6) is 0 Å². The maximum atomic E-state index is 10.3. The van der Waals surface area contributed by atoms with E-state index in [0.717, 1.165) is 4.31 Å². The monoisotopic (exact) mass is 138 g/mol. The fourth-order valence-corrected chi connectivity index (χ4v) is 0.540. The lowest BCUT2D eigenvalue weighted by molar-refractivity contribution is 0.488. The molecule has 0 radical (unpaired) electrons. The lowest BCUT2D eigenvalue weighted by Gasteiger charge is -2.08. The van der Waals surface area contributed by atoms with Crippen LogP contribution in [0.2, 0.25) is 0 Å². The van der Waals surface area contributed by atoms with Crippen LogP contribution < -0.4 is 5.14 Å². The summed E-state index contributed by atoms with van der Waals surface area (Å²) >= 11 is 0. The third-order valence-corrected chi connectivity index (χ3v) is 2.01. The van der Waals surface area contributed by atoms with E-state index >= 15 is 0 Å². The molecule has 0 saturated carbocycles. The summed E-state index contributed by atoms with van der Waals surface area (Å²) in [5, 5.41) is 4.69. The van der Waals surface area contributed by atoms with Gasteiger partial charge in [0.1, 0.15) is 0 Å². The molecule has 0 atom stereocenters. The van der Waals surface area contributed by atoms with Gasteiger partial charge in [-0.05, 0) is 0 Å². The first kappa shape index (κ1) is 7.87. The zero-order chi connectivity index (χ0) is 6.78. The predicted molar refractivity (Wildman–Crippen MR) is 31.4 cm³/mol. The zero-order valence-corrected chi connectivity index (χ0v) is 5.77. The molecule has 0 spiro atoms. The van der Waals surface area contributed by atoms with E-state index in [9.17, 15) is 8.42 Å². The van der Waals surface area contributed by atoms with E-state index in [-0.39, 0.29) is 0 Å². The molecule has 0 bridgehead atoms. The molecular weight excluding hydrogens is 128 g/mol. The highest BCUT2D eigenvalue weighted by Gasteiger charge is 2.06. The van der Waals surface area contributed by atoms with Gasteiger partial charge in [-0.1, -0.05) is 6.92 Å². The highest BCUT2D eigenvalue weighted by molar-refractivity contribution is 7.86. The van der Waals surface area contributed by atoms with Crippen molar-refractivity contribution in [3.8, 4) is 0 Å². The van der Waals surface area contributed by atoms with Crippen molar-refractivity contribution in [2.24, 2.45) is 5.14 Å². The maximum Gasteiger partial charge on any atom is 0.276 e. The van der Waals surface area contributed by atoms with Crippen molar-refractivity contribution >= 4 is 10.2 Å². The van der Waals surface area contributed by atoms with Crippen molar-refractivity contribution in [3.63, 3.8) is 0 Å². The largest absolute Gasteiger partial charge is 0.276 e. The van der Waals surface area contributed by atoms with Gasteiger partial charge in [-0.25, -0.2) is 5.14 Å². The predicted octanol–water partition coefficient (Wildman–Crippen LogP) is -0.858. The molecular formula is C3H10N2O2S. The SMILES string of the molecule is CCN(C)S(N)(=O)=O. The Hall–Kier alpha value is -0.130. The Morgan fingerprint density at radius 2 is 2.00 bits per heavy atom. The number of hydrogen-bond donors (Lipinski definition) is 1. The van der Waals surface area contributed by atoms with Gasteiger partial charge in [-0.3, -0.25) is 0 Å². The quantitative estimate of drug-likeness (QED) is 0.539. The minimum atomic E-state index is -3.42. The van der Waals surface area contributed by atoms with Crippen molar-refractivity contribution in [2.45, 2.75) is 6.92 Å². The van der Waals surface area contributed by atoms with Crippen LogP contribution in [0.15, 0.2) is 0 Å². The Kier molecular flexibility index (Phi) is 2.39. The summed E-state index contributed by atoms with van der Waals surface area (Å²) in [7, 11) is -1.99. The molecule has 0 amide bonds. The maximum absolute atomic E-state index is 10.3. The van der Waals surface area contributed by atoms with Crippen LogP contribution in [-0.4, -0.2) is 26.3 Å². The topological polar surface area (TPSA) is 63.4 Å². The van der Waals surface area contributed by atoms with Gasteiger partial charge in [0.05, 0.1) is 0 Å². The Morgan fingerprint density at radius 1 is 1.62 bits per heavy atom. The Balaban J connectivity index is 4.04. The van der Waals surface area contributed by atoms with Gasteiger partial charge in [0.25, 0.3) is 10.2 Å². The number of nitrogens with zero attached hydrogens (tertiary/aromatic N) is 1. The lowest BCUT2D eigenvalue weighted by Crippen LogP contribution is -2.32. The molecule has 0 aliphatic rings. The van der Waals surface area contributed by atoms with E-state index in [1.54, 1.807) is 6.92 Å². The van der Waals surface area contributed by atoms with Crippen LogP contribution in [0.25, 0.3) is 0 Å². The Bertz CT molecular complexity index is 151. The summed E-state index contributed by atoms with van der Waals surface area (Å²) in [4.78, 5) is 0. The number of nitrogens with two attached hydrogens (primary N) is 1. The fourth-order valence-electron chi connectivity index (χ4n) is 0.180. The molecule has 4 nitrogen and oxygen atoms in total. The fraction of sp³-hybridized carbons (Fsp3) is 1.00. The summed E-state index contributed by atoms with van der Waals surface area (Å²) in [6, 6.07) is 0. The number of rotatable bonds is 2. The normalized spacial score (nSPS) is 12.5. The summed E-state index contributed by atoms with van der Waals surface area (Å²) < 4.78 is 21.6. The lowest BCUT2D eigenvalue weighted by atomic mass is 10.8. The third-order valence-electron chi connectivity index (χ3n) is 0.880. The van der Waals surface area contributed by atoms with Gasteiger partial charge in [0.2, 0.25) is 0 Å². The highest BCUT2D eigenvalue weighted by Crippen LogP contribution is 1.84. The Morgan fingerprint density at radius 3 is 2.00 bits per heavy atom. The van der Waals surface area contributed by atoms with Crippen LogP contribution in [0, 0.1) is 0 Å². The third kappa shape index (κ3) is 2.25. The van der Waals surface area contributed by atoms with Gasteiger partial charge in [-0.2, -0.15) is 12.7 Å². The second kappa shape index (κ2) is 2.43. The van der Waals surface area contributed by atoms with Crippen LogP contribution in [0.4, 0.5) is 0 Å². The van der Waals surface area contributed by atoms with Crippen LogP contribution in [0.3, 0.4) is 0 Å². The van der Waals surface area contributed by atoms with E-state index in [1.807, 2.05) is 0 Å². The van der Waals surface area contributed by atoms with Crippen molar-refractivity contribution in [3.05, 3.63) is 0 Å². The first-order valence-electron chi connectivity index (χ1n) is 2.22. The van der Waals surface area contributed by atoms with Crippen LogP contribution >= 0.6 is 0 Å². The van der Waals surface area contributed by atoms with E-state index in [2.05, 4.69) is 5.14 Å². The molecule has 0 aliphatic heterocycles. The molecule has 0 aromatic carbocycles. The van der Waals surface area contributed by atoms with Gasteiger partial charge in [-0.15, -0.1) is 0 Å². The van der Waals surface area contributed by atoms with Crippen LogP contribution in [-0.2, 0) is 10.2 Å². The van der Waals surface area contributed by atoms with Gasteiger partial charge in [0, 0.05) is 13.6 Å². The first-order valence-corrected chi connectivity index (χ1v) is 3.73. The second-order valence-corrected chi connectivity index (χ2v) is 3.11. The number of hydrogen-bond acceptors (Lipinski definition) is 2. The standard InChI is InChI=1S/C3H10N2O2S/c1-3-5(2)8(4,6)7/h3H2,1-2H3,(H2,4,6,7). The first-order chi connectivity index (χ1) is 3.48. The summed E-state index contributed by atoms with van der Waals surface area (Å²) in [5.41, 5.74) is 0. The average Bonchev–Trinajstić information content (AvgIpc) is 1.62. The van der Waals surface area contributed by atoms with Gasteiger partial charge < -0.3 is 0 Å². The van der Waals surface area contributed by atoms with E-state index in [0.29, 0.717) is 6.54 Å². The van der Waals surface area contributed by atoms with Crippen molar-refractivity contribution in [1.82, 2.24) is 4.31 Å². The van der Waals surface area contributed by atoms with E-state index in [1.165, 1.54) is 7.05 Å². The zero-order valence-electron chi connectivity index (χ0n) is 4.96. The Labute approximate surface area is 49.5 Å². The van der Waals surface area contributed by atoms with E-state index < -0.39 is 10.2 Å². The second-order valence-electron chi connectivity index (χ2n) is 1.46. The van der Waals surface area contributed by atoms with Crippen molar-refractivity contribution < 1.29 is 8.42 Å². The molecule has 0 unspecified atom stereocenters. The molecule has 0 aromatic heterocycles. The molecule has 0 aromatic rings. The van der Waals surface area contributed by atoms with Gasteiger partial charge in [0.15, 0.2) is 0 Å². The molecule has 0 fully saturated rings. The molecule has 0 aliphatic carbocycles. The minimum absolute atomic E-state index is 0.416. The molecule has 8 heavy (non-hydrogen) atoms. The summed E-state index contributed by atoms with van der Waals surface area (Å²) in [6.07, 6.45) is 0. The smallest absolute Gasteiger partial charge is 0.216 e. The molecule has 2 N–H and O–H groups in total. The van der Waals surface area contributed by atoms with Crippen LogP contribution in [0.1, 0.15) is 6.92 Å². The molecule has 5 heteroatoms. The molecule has 0 rings (SSSR count). The van der Waals surface area contributed by atoms with Gasteiger partial charge >= 0.3 is 0 Å². The molecule has 0 saturated heterocycles. The summed E-state index contributed by atoms with van der Waals surface area (Å²) in [6.45, 7) is 2.13. The minimum Gasteiger partial charge on any atom is -0.216 e. The summed E-state index contributed by atoms with van der Waals surface area (Å²) in [5.74, 6) is 0. The van der Waals surface area contributed by atoms with E-state index in [4.69, 9.17) is 0 Å². The molecule has 0 heterocycles. The van der Waals surface area contributed by atoms with Crippen molar-refractivity contribution in [2.75, 3.05) is 13.6 Å². The highest BCUT2D eigenvalue weighted by atomic mass is 32.2. The average molecular weight is 138 g/mol. The van der Waals surface area contributed by atoms with Crippen molar-refractivity contribution in [1.29, 1.82) is 0 Å². The molecule has 50 valence electrons.